The van der Waals surface area contributed by atoms with Crippen LogP contribution in [0.5, 0.6) is 0 Å². The molecule has 0 fully saturated rings. The van der Waals surface area contributed by atoms with Gasteiger partial charge in [-0.3, -0.25) is 0 Å². The molecule has 92 valence electrons. The third-order valence-corrected chi connectivity index (χ3v) is 4.34. The van der Waals surface area contributed by atoms with E-state index in [9.17, 15) is 8.42 Å². The Kier molecular flexibility index (Phi) is 3.66. The summed E-state index contributed by atoms with van der Waals surface area (Å²) in [4.78, 5) is 3.97. The van der Waals surface area contributed by atoms with Crippen molar-refractivity contribution in [2.24, 2.45) is 7.05 Å². The molecule has 0 bridgehead atoms. The fourth-order valence-electron chi connectivity index (χ4n) is 1.10. The second-order valence-electron chi connectivity index (χ2n) is 4.36. The smallest absolute Gasteiger partial charge is 0.260 e. The van der Waals surface area contributed by atoms with Crippen molar-refractivity contribution >= 4 is 21.6 Å². The van der Waals surface area contributed by atoms with Crippen LogP contribution in [0.1, 0.15) is 19.7 Å². The number of imidazole rings is 1. The molecule has 0 unspecified atom stereocenters. The molecular formula is C9H16ClN3O2S. The van der Waals surface area contributed by atoms with Crippen molar-refractivity contribution < 1.29 is 8.42 Å². The number of nitrogens with one attached hydrogen (secondary N) is 1. The topological polar surface area (TPSA) is 64.0 Å². The van der Waals surface area contributed by atoms with Crippen LogP contribution in [0.4, 0.5) is 0 Å². The molecule has 0 saturated carbocycles. The minimum atomic E-state index is -3.60. The maximum absolute atomic E-state index is 11.9. The Labute approximate surface area is 101 Å². The molecule has 7 heteroatoms. The van der Waals surface area contributed by atoms with Gasteiger partial charge in [-0.2, -0.15) is 0 Å². The van der Waals surface area contributed by atoms with Gasteiger partial charge in [0.05, 0.1) is 0 Å². The highest BCUT2D eigenvalue weighted by Gasteiger charge is 2.27. The molecule has 16 heavy (non-hydrogen) atoms. The van der Waals surface area contributed by atoms with Gasteiger partial charge in [-0.15, -0.1) is 11.6 Å². The van der Waals surface area contributed by atoms with E-state index >= 15 is 0 Å². The summed E-state index contributed by atoms with van der Waals surface area (Å²) in [5.74, 6) is 0.835. The lowest BCUT2D eigenvalue weighted by molar-refractivity contribution is 0.494. The zero-order chi connectivity index (χ0) is 12.6. The number of nitrogens with zero attached hydrogens (tertiary/aromatic N) is 2. The minimum Gasteiger partial charge on any atom is -0.337 e. The molecular weight excluding hydrogens is 250 g/mol. The Bertz CT molecular complexity index is 459. The third-order valence-electron chi connectivity index (χ3n) is 2.11. The number of sulfonamides is 1. The Balaban J connectivity index is 3.04. The highest BCUT2D eigenvalue weighted by Crippen LogP contribution is 2.13. The molecule has 0 spiro atoms. The molecule has 1 heterocycles. The highest BCUT2D eigenvalue weighted by molar-refractivity contribution is 7.89. The summed E-state index contributed by atoms with van der Waals surface area (Å²) in [6.45, 7) is 5.17. The molecule has 0 saturated heterocycles. The Hall–Kier alpha value is -0.590. The monoisotopic (exact) mass is 265 g/mol. The largest absolute Gasteiger partial charge is 0.337 e. The van der Waals surface area contributed by atoms with Crippen LogP contribution in [-0.4, -0.2) is 29.4 Å². The van der Waals surface area contributed by atoms with Crippen molar-refractivity contribution in [2.75, 3.05) is 5.88 Å². The lowest BCUT2D eigenvalue weighted by Gasteiger charge is -2.21. The fraction of sp³-hybridized carbons (Fsp3) is 0.667. The average molecular weight is 266 g/mol. The summed E-state index contributed by atoms with van der Waals surface area (Å²) in [6.07, 6.45) is 1.47. The van der Waals surface area contributed by atoms with Crippen molar-refractivity contribution in [1.82, 2.24) is 14.3 Å². The number of rotatable bonds is 4. The van der Waals surface area contributed by atoms with Gasteiger partial charge >= 0.3 is 0 Å². The zero-order valence-electron chi connectivity index (χ0n) is 9.78. The van der Waals surface area contributed by atoms with E-state index in [0.717, 1.165) is 0 Å². The molecule has 0 radical (unpaired) electrons. The van der Waals surface area contributed by atoms with E-state index in [1.165, 1.54) is 6.20 Å². The first-order chi connectivity index (χ1) is 7.18. The number of halogens is 1. The lowest BCUT2D eigenvalue weighted by atomic mass is 10.1. The predicted molar refractivity (Wildman–Crippen MR) is 63.1 cm³/mol. The third kappa shape index (κ3) is 2.96. The maximum Gasteiger partial charge on any atom is 0.260 e. The van der Waals surface area contributed by atoms with E-state index in [2.05, 4.69) is 9.71 Å². The maximum atomic E-state index is 11.9. The van der Waals surface area contributed by atoms with Gasteiger partial charge < -0.3 is 4.57 Å². The zero-order valence-corrected chi connectivity index (χ0v) is 11.4. The van der Waals surface area contributed by atoms with Gasteiger partial charge in [0.15, 0.2) is 5.03 Å². The Morgan fingerprint density at radius 1 is 1.56 bits per heavy atom. The van der Waals surface area contributed by atoms with Crippen LogP contribution in [0.3, 0.4) is 0 Å². The molecule has 1 N–H and O–H groups in total. The van der Waals surface area contributed by atoms with E-state index in [0.29, 0.717) is 5.82 Å². The van der Waals surface area contributed by atoms with Gasteiger partial charge in [-0.1, -0.05) is 0 Å². The lowest BCUT2D eigenvalue weighted by Crippen LogP contribution is -2.44. The van der Waals surface area contributed by atoms with Crippen molar-refractivity contribution in [2.45, 2.75) is 31.3 Å². The predicted octanol–water partition coefficient (Wildman–Crippen LogP) is 1.02. The number of hydrogen-bond donors (Lipinski definition) is 1. The molecule has 1 aromatic rings. The Morgan fingerprint density at radius 2 is 2.12 bits per heavy atom. The second kappa shape index (κ2) is 4.35. The molecule has 0 aliphatic carbocycles. The van der Waals surface area contributed by atoms with Gasteiger partial charge in [0.25, 0.3) is 10.0 Å². The van der Waals surface area contributed by atoms with Crippen LogP contribution in [0.25, 0.3) is 0 Å². The van der Waals surface area contributed by atoms with Crippen LogP contribution >= 0.6 is 11.6 Å². The SMILES string of the molecule is Cc1nc(S(=O)(=O)NC(C)(C)CCl)cn1C. The van der Waals surface area contributed by atoms with E-state index in [1.807, 2.05) is 0 Å². The molecule has 0 aromatic carbocycles. The number of aryl methyl sites for hydroxylation is 2. The Morgan fingerprint density at radius 3 is 2.50 bits per heavy atom. The first-order valence-electron chi connectivity index (χ1n) is 4.78. The summed E-state index contributed by atoms with van der Waals surface area (Å²) in [5, 5.41) is 0.0192. The second-order valence-corrected chi connectivity index (χ2v) is 6.26. The van der Waals surface area contributed by atoms with Gasteiger partial charge in [0.1, 0.15) is 5.82 Å². The van der Waals surface area contributed by atoms with Gasteiger partial charge in [0.2, 0.25) is 0 Å². The van der Waals surface area contributed by atoms with Crippen LogP contribution < -0.4 is 4.72 Å². The summed E-state index contributed by atoms with van der Waals surface area (Å²) in [5.41, 5.74) is -0.689. The van der Waals surface area contributed by atoms with Gasteiger partial charge in [0, 0.05) is 24.7 Å². The van der Waals surface area contributed by atoms with E-state index in [-0.39, 0.29) is 10.9 Å². The van der Waals surface area contributed by atoms with Crippen LogP contribution in [0, 0.1) is 6.92 Å². The summed E-state index contributed by atoms with van der Waals surface area (Å²) in [7, 11) is -1.85. The van der Waals surface area contributed by atoms with Gasteiger partial charge in [-0.25, -0.2) is 18.1 Å². The molecule has 0 amide bonds. The fourth-order valence-corrected chi connectivity index (χ4v) is 2.70. The molecule has 1 aromatic heterocycles. The highest BCUT2D eigenvalue weighted by atomic mass is 35.5. The molecule has 5 nitrogen and oxygen atoms in total. The van der Waals surface area contributed by atoms with Crippen LogP contribution in [0.2, 0.25) is 0 Å². The normalized spacial score (nSPS) is 13.1. The first kappa shape index (κ1) is 13.5. The quantitative estimate of drug-likeness (QED) is 0.827. The van der Waals surface area contributed by atoms with Gasteiger partial charge in [-0.05, 0) is 20.8 Å². The summed E-state index contributed by atoms with van der Waals surface area (Å²) in [6, 6.07) is 0. The molecule has 0 aliphatic heterocycles. The molecule has 0 aliphatic rings. The minimum absolute atomic E-state index is 0.0192. The van der Waals surface area contributed by atoms with Crippen molar-refractivity contribution in [1.29, 1.82) is 0 Å². The summed E-state index contributed by atoms with van der Waals surface area (Å²) < 4.78 is 28.0. The summed E-state index contributed by atoms with van der Waals surface area (Å²) >= 11 is 5.67. The van der Waals surface area contributed by atoms with Crippen molar-refractivity contribution in [3.05, 3.63) is 12.0 Å². The molecule has 0 atom stereocenters. The number of hydrogen-bond acceptors (Lipinski definition) is 3. The molecule has 1 rings (SSSR count). The van der Waals surface area contributed by atoms with Crippen LogP contribution in [-0.2, 0) is 17.1 Å². The van der Waals surface area contributed by atoms with E-state index < -0.39 is 15.6 Å². The number of aromatic nitrogens is 2. The average Bonchev–Trinajstić information content (AvgIpc) is 2.46. The first-order valence-corrected chi connectivity index (χ1v) is 6.79. The standard InChI is InChI=1S/C9H16ClN3O2S/c1-7-11-8(5-13(7)4)16(14,15)12-9(2,3)6-10/h5,12H,6H2,1-4H3. The van der Waals surface area contributed by atoms with Crippen molar-refractivity contribution in [3.63, 3.8) is 0 Å². The van der Waals surface area contributed by atoms with Crippen molar-refractivity contribution in [3.8, 4) is 0 Å². The van der Waals surface area contributed by atoms with E-state index in [1.54, 1.807) is 32.4 Å². The van der Waals surface area contributed by atoms with E-state index in [4.69, 9.17) is 11.6 Å². The van der Waals surface area contributed by atoms with Crippen LogP contribution in [0.15, 0.2) is 11.2 Å². The number of alkyl halides is 1.